The van der Waals surface area contributed by atoms with Crippen LogP contribution >= 0.6 is 23.2 Å². The lowest BCUT2D eigenvalue weighted by Crippen LogP contribution is -2.16. The van der Waals surface area contributed by atoms with Gasteiger partial charge in [-0.2, -0.15) is 4.98 Å². The average Bonchev–Trinajstić information content (AvgIpc) is 3.09. The van der Waals surface area contributed by atoms with Crippen molar-refractivity contribution in [2.45, 2.75) is 103 Å². The number of unbranched alkanes of at least 4 members (excludes halogenated alkanes) is 11. The third kappa shape index (κ3) is 7.90. The summed E-state index contributed by atoms with van der Waals surface area (Å²) in [6.07, 6.45) is 18.4. The molecule has 0 radical (unpaired) electrons. The maximum atomic E-state index is 12.3. The summed E-state index contributed by atoms with van der Waals surface area (Å²) < 4.78 is 1.90. The van der Waals surface area contributed by atoms with Crippen LogP contribution < -0.4 is 0 Å². The largest absolute Gasteiger partial charge is 0.322 e. The average molecular weight is 440 g/mol. The van der Waals surface area contributed by atoms with Gasteiger partial charge in [0.05, 0.1) is 11.4 Å². The van der Waals surface area contributed by atoms with E-state index in [2.05, 4.69) is 16.9 Å². The Morgan fingerprint density at radius 1 is 0.931 bits per heavy atom. The van der Waals surface area contributed by atoms with Crippen LogP contribution in [0, 0.1) is 0 Å². The van der Waals surface area contributed by atoms with E-state index < -0.39 is 0 Å². The van der Waals surface area contributed by atoms with E-state index in [4.69, 9.17) is 23.2 Å². The van der Waals surface area contributed by atoms with E-state index >= 15 is 0 Å². The molecule has 0 amide bonds. The molecular weight excluding hydrogens is 405 g/mol. The van der Waals surface area contributed by atoms with Gasteiger partial charge < -0.3 is 4.57 Å². The van der Waals surface area contributed by atoms with Gasteiger partial charge in [-0.05, 0) is 31.0 Å². The Morgan fingerprint density at radius 3 is 2.03 bits per heavy atom. The van der Waals surface area contributed by atoms with Gasteiger partial charge in [-0.1, -0.05) is 95.6 Å². The molecule has 2 rings (SSSR count). The summed E-state index contributed by atoms with van der Waals surface area (Å²) in [7, 11) is 0. The minimum absolute atomic E-state index is 0.107. The lowest BCUT2D eigenvalue weighted by Gasteiger charge is -2.17. The molecule has 4 nitrogen and oxygen atoms in total. The lowest BCUT2D eigenvalue weighted by atomic mass is 10.0. The summed E-state index contributed by atoms with van der Waals surface area (Å²) in [6.45, 7) is 3.90. The molecular formula is C23H35Cl2N3O. The maximum Gasteiger partial charge on any atom is 0.225 e. The third-order valence-corrected chi connectivity index (χ3v) is 6.09. The second-order valence-corrected chi connectivity index (χ2v) is 8.74. The number of ketones is 1. The van der Waals surface area contributed by atoms with Gasteiger partial charge in [-0.15, -0.1) is 0 Å². The number of rotatable bonds is 15. The Labute approximate surface area is 185 Å². The van der Waals surface area contributed by atoms with Crippen LogP contribution in [0.2, 0.25) is 10.4 Å². The first-order chi connectivity index (χ1) is 14.0. The van der Waals surface area contributed by atoms with Gasteiger partial charge >= 0.3 is 0 Å². The molecule has 0 aliphatic carbocycles. The Hall–Kier alpha value is -1.13. The van der Waals surface area contributed by atoms with E-state index in [0.717, 1.165) is 24.6 Å². The van der Waals surface area contributed by atoms with Crippen molar-refractivity contribution in [3.8, 4) is 0 Å². The first-order valence-electron chi connectivity index (χ1n) is 11.2. The highest BCUT2D eigenvalue weighted by atomic mass is 35.5. The molecule has 162 valence electrons. The predicted molar refractivity (Wildman–Crippen MR) is 123 cm³/mol. The number of Topliss-reactive ketones (excluding diaryl/α,β-unsaturated/α-hetero) is 1. The molecule has 29 heavy (non-hydrogen) atoms. The topological polar surface area (TPSA) is 47.8 Å². The lowest BCUT2D eigenvalue weighted by molar-refractivity contribution is -0.120. The molecule has 0 bridgehead atoms. The number of fused-ring (bicyclic) bond motifs is 1. The monoisotopic (exact) mass is 439 g/mol. The number of hydrogen-bond acceptors (Lipinski definition) is 3. The fourth-order valence-electron chi connectivity index (χ4n) is 3.94. The zero-order chi connectivity index (χ0) is 21.1. The van der Waals surface area contributed by atoms with Crippen LogP contribution in [0.3, 0.4) is 0 Å². The minimum atomic E-state index is -0.224. The van der Waals surface area contributed by atoms with Crippen LogP contribution in [0.1, 0.15) is 103 Å². The van der Waals surface area contributed by atoms with Crippen molar-refractivity contribution in [1.29, 1.82) is 0 Å². The predicted octanol–water partition coefficient (Wildman–Crippen LogP) is 7.96. The fourth-order valence-corrected chi connectivity index (χ4v) is 4.38. The SMILES string of the molecule is CCCCCCCCCCCCCCC(C(C)=O)n1ccc2c(Cl)nc(Cl)nc21. The molecule has 6 heteroatoms. The zero-order valence-electron chi connectivity index (χ0n) is 17.9. The summed E-state index contributed by atoms with van der Waals surface area (Å²) in [4.78, 5) is 20.5. The van der Waals surface area contributed by atoms with Crippen LogP contribution in [-0.2, 0) is 4.79 Å². The molecule has 0 saturated heterocycles. The number of carbonyl (C=O) groups excluding carboxylic acids is 1. The van der Waals surface area contributed by atoms with Gasteiger partial charge in [0, 0.05) is 6.20 Å². The molecule has 0 saturated carbocycles. The molecule has 0 aliphatic rings. The first-order valence-corrected chi connectivity index (χ1v) is 12.0. The standard InChI is InChI=1S/C23H35Cl2N3O/c1-3-4-5-6-7-8-9-10-11-12-13-14-15-20(18(2)29)28-17-16-19-21(24)26-23(25)27-22(19)28/h16-17,20H,3-15H2,1-2H3. The second kappa shape index (κ2) is 13.2. The molecule has 2 aromatic rings. The van der Waals surface area contributed by atoms with Gasteiger partial charge in [-0.25, -0.2) is 4.98 Å². The van der Waals surface area contributed by atoms with Crippen LogP contribution in [0.15, 0.2) is 12.3 Å². The zero-order valence-corrected chi connectivity index (χ0v) is 19.4. The molecule has 2 aromatic heterocycles. The third-order valence-electron chi connectivity index (χ3n) is 5.63. The Kier molecular flexibility index (Phi) is 11.0. The van der Waals surface area contributed by atoms with E-state index in [9.17, 15) is 4.79 Å². The first kappa shape index (κ1) is 24.1. The summed E-state index contributed by atoms with van der Waals surface area (Å²) in [5.41, 5.74) is 0.633. The highest BCUT2D eigenvalue weighted by Gasteiger charge is 2.20. The van der Waals surface area contributed by atoms with Crippen molar-refractivity contribution < 1.29 is 4.79 Å². The molecule has 0 aromatic carbocycles. The molecule has 2 heterocycles. The Morgan fingerprint density at radius 2 is 1.48 bits per heavy atom. The second-order valence-electron chi connectivity index (χ2n) is 8.05. The van der Waals surface area contributed by atoms with Crippen molar-refractivity contribution in [3.63, 3.8) is 0 Å². The highest BCUT2D eigenvalue weighted by molar-refractivity contribution is 6.35. The molecule has 0 spiro atoms. The fraction of sp³-hybridized carbons (Fsp3) is 0.696. The Balaban J connectivity index is 1.70. The maximum absolute atomic E-state index is 12.3. The minimum Gasteiger partial charge on any atom is -0.322 e. The van der Waals surface area contributed by atoms with Crippen molar-refractivity contribution in [2.24, 2.45) is 0 Å². The molecule has 1 unspecified atom stereocenters. The number of nitrogens with zero attached hydrogens (tertiary/aromatic N) is 3. The van der Waals surface area contributed by atoms with Gasteiger partial charge in [0.2, 0.25) is 5.28 Å². The Bertz CT molecular complexity index is 760. The molecule has 1 atom stereocenters. The number of halogens is 2. The molecule has 0 N–H and O–H groups in total. The van der Waals surface area contributed by atoms with Crippen LogP contribution in [0.5, 0.6) is 0 Å². The van der Waals surface area contributed by atoms with Gasteiger partial charge in [0.15, 0.2) is 5.78 Å². The van der Waals surface area contributed by atoms with Gasteiger partial charge in [0.1, 0.15) is 10.8 Å². The van der Waals surface area contributed by atoms with E-state index in [0.29, 0.717) is 10.8 Å². The smallest absolute Gasteiger partial charge is 0.225 e. The van der Waals surface area contributed by atoms with Crippen molar-refractivity contribution >= 4 is 40.0 Å². The number of hydrogen-bond donors (Lipinski definition) is 0. The van der Waals surface area contributed by atoms with Crippen LogP contribution in [0.25, 0.3) is 11.0 Å². The van der Waals surface area contributed by atoms with Crippen LogP contribution in [-0.4, -0.2) is 20.3 Å². The van der Waals surface area contributed by atoms with E-state index in [1.54, 1.807) is 6.92 Å². The highest BCUT2D eigenvalue weighted by Crippen LogP contribution is 2.28. The van der Waals surface area contributed by atoms with Crippen molar-refractivity contribution in [1.82, 2.24) is 14.5 Å². The molecule has 0 aliphatic heterocycles. The summed E-state index contributed by atoms with van der Waals surface area (Å²) >= 11 is 12.1. The van der Waals surface area contributed by atoms with Crippen molar-refractivity contribution in [3.05, 3.63) is 22.7 Å². The number of aromatic nitrogens is 3. The summed E-state index contributed by atoms with van der Waals surface area (Å²) in [5, 5.41) is 1.17. The van der Waals surface area contributed by atoms with E-state index in [-0.39, 0.29) is 17.1 Å². The van der Waals surface area contributed by atoms with E-state index in [1.807, 2.05) is 16.8 Å². The quantitative estimate of drug-likeness (QED) is 0.160. The summed E-state index contributed by atoms with van der Waals surface area (Å²) in [6, 6.07) is 1.63. The van der Waals surface area contributed by atoms with Crippen LogP contribution in [0.4, 0.5) is 0 Å². The molecule has 0 fully saturated rings. The van der Waals surface area contributed by atoms with Gasteiger partial charge in [0.25, 0.3) is 0 Å². The number of carbonyl (C=O) groups is 1. The van der Waals surface area contributed by atoms with Gasteiger partial charge in [-0.3, -0.25) is 4.79 Å². The van der Waals surface area contributed by atoms with Crippen molar-refractivity contribution in [2.75, 3.05) is 0 Å². The normalized spacial score (nSPS) is 12.6. The summed E-state index contributed by atoms with van der Waals surface area (Å²) in [5.74, 6) is 0.136. The van der Waals surface area contributed by atoms with E-state index in [1.165, 1.54) is 64.2 Å².